The fourth-order valence-electron chi connectivity index (χ4n) is 2.05. The van der Waals surface area contributed by atoms with Crippen molar-refractivity contribution in [1.29, 1.82) is 0 Å². The Morgan fingerprint density at radius 2 is 2.39 bits per heavy atom. The molecule has 0 aromatic carbocycles. The maximum atomic E-state index is 11.8. The molecule has 0 unspecified atom stereocenters. The summed E-state index contributed by atoms with van der Waals surface area (Å²) in [5.74, 6) is -0.0758. The molecule has 5 heteroatoms. The summed E-state index contributed by atoms with van der Waals surface area (Å²) in [6.07, 6.45) is 7.63. The van der Waals surface area contributed by atoms with Crippen LogP contribution in [-0.4, -0.2) is 24.0 Å². The summed E-state index contributed by atoms with van der Waals surface area (Å²) in [5.41, 5.74) is 7.44. The molecule has 2 rings (SSSR count). The lowest BCUT2D eigenvalue weighted by Crippen LogP contribution is -2.25. The van der Waals surface area contributed by atoms with E-state index in [0.717, 1.165) is 17.8 Å². The number of allylic oxidation sites excluding steroid dienone is 1. The van der Waals surface area contributed by atoms with E-state index in [4.69, 9.17) is 5.73 Å². The van der Waals surface area contributed by atoms with Gasteiger partial charge in [-0.05, 0) is 32.2 Å². The molecule has 0 fully saturated rings. The summed E-state index contributed by atoms with van der Waals surface area (Å²) >= 11 is 1.50. The highest BCUT2D eigenvalue weighted by Crippen LogP contribution is 2.19. The lowest BCUT2D eigenvalue weighted by molar-refractivity contribution is 0.0949. The van der Waals surface area contributed by atoms with Gasteiger partial charge in [0.15, 0.2) is 0 Å². The number of nitrogens with zero attached hydrogens (tertiary/aromatic N) is 1. The number of carbonyl (C=O) groups is 1. The Morgan fingerprint density at radius 3 is 3.11 bits per heavy atom. The Labute approximate surface area is 111 Å². The first-order valence-corrected chi connectivity index (χ1v) is 7.28. The zero-order chi connectivity index (χ0) is 12.8. The number of rotatable bonds is 6. The van der Waals surface area contributed by atoms with Crippen molar-refractivity contribution < 1.29 is 4.79 Å². The van der Waals surface area contributed by atoms with Crippen LogP contribution in [0.3, 0.4) is 0 Å². The van der Waals surface area contributed by atoms with Crippen LogP contribution < -0.4 is 11.1 Å². The fraction of sp³-hybridized carbons (Fsp3) is 0.538. The average molecular weight is 265 g/mol. The molecular formula is C13H19N3OS. The van der Waals surface area contributed by atoms with E-state index in [1.807, 2.05) is 0 Å². The lowest BCUT2D eigenvalue weighted by Gasteiger charge is -2.03. The molecule has 3 N–H and O–H groups in total. The van der Waals surface area contributed by atoms with Crippen LogP contribution in [0.25, 0.3) is 0 Å². The summed E-state index contributed by atoms with van der Waals surface area (Å²) in [6.45, 7) is 1.27. The SMILES string of the molecule is NCCc1nc(C(=O)NCCC2=CCCC2)cs1. The van der Waals surface area contributed by atoms with Gasteiger partial charge in [-0.25, -0.2) is 4.98 Å². The van der Waals surface area contributed by atoms with Crippen LogP contribution in [0.15, 0.2) is 17.0 Å². The van der Waals surface area contributed by atoms with Crippen molar-refractivity contribution in [2.45, 2.75) is 32.1 Å². The third kappa shape index (κ3) is 3.65. The number of hydrogen-bond acceptors (Lipinski definition) is 4. The maximum absolute atomic E-state index is 11.8. The number of hydrogen-bond donors (Lipinski definition) is 2. The highest BCUT2D eigenvalue weighted by atomic mass is 32.1. The molecule has 1 aromatic rings. The number of carbonyl (C=O) groups excluding carboxylic acids is 1. The average Bonchev–Trinajstić information content (AvgIpc) is 3.00. The summed E-state index contributed by atoms with van der Waals surface area (Å²) < 4.78 is 0. The van der Waals surface area contributed by atoms with Gasteiger partial charge < -0.3 is 11.1 Å². The van der Waals surface area contributed by atoms with Gasteiger partial charge in [0.2, 0.25) is 0 Å². The molecule has 0 saturated carbocycles. The van der Waals surface area contributed by atoms with Crippen LogP contribution in [0.2, 0.25) is 0 Å². The van der Waals surface area contributed by atoms with E-state index in [1.165, 1.54) is 36.2 Å². The molecule has 0 atom stereocenters. The third-order valence-electron chi connectivity index (χ3n) is 3.01. The Morgan fingerprint density at radius 1 is 1.50 bits per heavy atom. The minimum atomic E-state index is -0.0758. The summed E-state index contributed by atoms with van der Waals surface area (Å²) in [5, 5.41) is 5.65. The Balaban J connectivity index is 1.76. The van der Waals surface area contributed by atoms with Crippen molar-refractivity contribution in [3.8, 4) is 0 Å². The first-order valence-electron chi connectivity index (χ1n) is 6.40. The minimum Gasteiger partial charge on any atom is -0.350 e. The molecule has 98 valence electrons. The first-order chi connectivity index (χ1) is 8.79. The molecule has 0 bridgehead atoms. The van der Waals surface area contributed by atoms with Gasteiger partial charge >= 0.3 is 0 Å². The van der Waals surface area contributed by atoms with Crippen LogP contribution in [-0.2, 0) is 6.42 Å². The van der Waals surface area contributed by atoms with Crippen molar-refractivity contribution >= 4 is 17.2 Å². The summed E-state index contributed by atoms with van der Waals surface area (Å²) in [4.78, 5) is 16.1. The number of nitrogens with two attached hydrogens (primary N) is 1. The van der Waals surface area contributed by atoms with Crippen molar-refractivity contribution in [1.82, 2.24) is 10.3 Å². The monoisotopic (exact) mass is 265 g/mol. The van der Waals surface area contributed by atoms with Crippen molar-refractivity contribution in [3.63, 3.8) is 0 Å². The van der Waals surface area contributed by atoms with Crippen LogP contribution in [0.4, 0.5) is 0 Å². The lowest BCUT2D eigenvalue weighted by atomic mass is 10.2. The molecule has 4 nitrogen and oxygen atoms in total. The number of amides is 1. The maximum Gasteiger partial charge on any atom is 0.270 e. The molecule has 18 heavy (non-hydrogen) atoms. The van der Waals surface area contributed by atoms with Crippen molar-refractivity contribution in [3.05, 3.63) is 27.7 Å². The molecule has 1 heterocycles. The van der Waals surface area contributed by atoms with Crippen LogP contribution >= 0.6 is 11.3 Å². The largest absolute Gasteiger partial charge is 0.350 e. The molecule has 1 aromatic heterocycles. The van der Waals surface area contributed by atoms with E-state index in [2.05, 4.69) is 16.4 Å². The van der Waals surface area contributed by atoms with Gasteiger partial charge in [-0.1, -0.05) is 11.6 Å². The van der Waals surface area contributed by atoms with E-state index < -0.39 is 0 Å². The molecule has 0 radical (unpaired) electrons. The quantitative estimate of drug-likeness (QED) is 0.772. The molecule has 1 aliphatic rings. The molecule has 1 amide bonds. The van der Waals surface area contributed by atoms with E-state index in [-0.39, 0.29) is 5.91 Å². The number of nitrogens with one attached hydrogen (secondary N) is 1. The van der Waals surface area contributed by atoms with Crippen LogP contribution in [0.5, 0.6) is 0 Å². The van der Waals surface area contributed by atoms with Gasteiger partial charge in [-0.3, -0.25) is 4.79 Å². The summed E-state index contributed by atoms with van der Waals surface area (Å²) in [6, 6.07) is 0. The van der Waals surface area contributed by atoms with Gasteiger partial charge in [0.1, 0.15) is 5.69 Å². The topological polar surface area (TPSA) is 68.0 Å². The zero-order valence-electron chi connectivity index (χ0n) is 10.4. The Bertz CT molecular complexity index is 439. The second-order valence-corrected chi connectivity index (χ2v) is 5.37. The van der Waals surface area contributed by atoms with E-state index >= 15 is 0 Å². The van der Waals surface area contributed by atoms with Gasteiger partial charge in [0.05, 0.1) is 5.01 Å². The number of aromatic nitrogens is 1. The van der Waals surface area contributed by atoms with E-state index in [1.54, 1.807) is 5.38 Å². The molecule has 0 aliphatic heterocycles. The predicted molar refractivity (Wildman–Crippen MR) is 73.8 cm³/mol. The standard InChI is InChI=1S/C13H19N3OS/c14-7-5-12-16-11(9-18-12)13(17)15-8-6-10-3-1-2-4-10/h3,9H,1-2,4-8,14H2,(H,15,17). The van der Waals surface area contributed by atoms with Crippen molar-refractivity contribution in [2.24, 2.45) is 5.73 Å². The van der Waals surface area contributed by atoms with E-state index in [0.29, 0.717) is 18.8 Å². The number of thiazole rings is 1. The first kappa shape index (κ1) is 13.2. The van der Waals surface area contributed by atoms with Crippen molar-refractivity contribution in [2.75, 3.05) is 13.1 Å². The molecule has 0 spiro atoms. The molecule has 0 saturated heterocycles. The predicted octanol–water partition coefficient (Wildman–Crippen LogP) is 1.87. The Hall–Kier alpha value is -1.20. The second kappa shape index (κ2) is 6.66. The summed E-state index contributed by atoms with van der Waals surface area (Å²) in [7, 11) is 0. The highest BCUT2D eigenvalue weighted by Gasteiger charge is 2.10. The highest BCUT2D eigenvalue weighted by molar-refractivity contribution is 7.09. The second-order valence-electron chi connectivity index (χ2n) is 4.43. The van der Waals surface area contributed by atoms with Crippen LogP contribution in [0.1, 0.15) is 41.2 Å². The van der Waals surface area contributed by atoms with E-state index in [9.17, 15) is 4.79 Å². The van der Waals surface area contributed by atoms with Gasteiger partial charge in [-0.2, -0.15) is 0 Å². The van der Waals surface area contributed by atoms with Gasteiger partial charge in [-0.15, -0.1) is 11.3 Å². The van der Waals surface area contributed by atoms with Gasteiger partial charge in [0.25, 0.3) is 5.91 Å². The van der Waals surface area contributed by atoms with Crippen LogP contribution in [0, 0.1) is 0 Å². The normalized spacial score (nSPS) is 14.6. The minimum absolute atomic E-state index is 0.0758. The van der Waals surface area contributed by atoms with Gasteiger partial charge in [0, 0.05) is 18.3 Å². The Kier molecular flexibility index (Phi) is 4.90. The third-order valence-corrected chi connectivity index (χ3v) is 3.92. The fourth-order valence-corrected chi connectivity index (χ4v) is 2.84. The molecular weight excluding hydrogens is 246 g/mol. The zero-order valence-corrected chi connectivity index (χ0v) is 11.3. The molecule has 1 aliphatic carbocycles. The smallest absolute Gasteiger partial charge is 0.270 e.